The number of likely N-dealkylation sites (tertiary alicyclic amines) is 1. The summed E-state index contributed by atoms with van der Waals surface area (Å²) in [6, 6.07) is 6.22. The Hall–Kier alpha value is -2.45. The summed E-state index contributed by atoms with van der Waals surface area (Å²) in [5.41, 5.74) is 6.36. The van der Waals surface area contributed by atoms with Gasteiger partial charge < -0.3 is 16.0 Å². The number of nitrogens with zero attached hydrogens (tertiary/aromatic N) is 2. The summed E-state index contributed by atoms with van der Waals surface area (Å²) < 4.78 is 14.1. The van der Waals surface area contributed by atoms with E-state index in [0.717, 1.165) is 12.8 Å². The highest BCUT2D eigenvalue weighted by Gasteiger charge is 2.30. The van der Waals surface area contributed by atoms with Gasteiger partial charge in [-0.15, -0.1) is 12.4 Å². The highest BCUT2D eigenvalue weighted by Crippen LogP contribution is 2.26. The van der Waals surface area contributed by atoms with Crippen molar-refractivity contribution in [3.8, 4) is 11.3 Å². The van der Waals surface area contributed by atoms with Crippen molar-refractivity contribution in [1.29, 1.82) is 0 Å². The van der Waals surface area contributed by atoms with Crippen molar-refractivity contribution in [2.24, 2.45) is 11.7 Å². The van der Waals surface area contributed by atoms with Gasteiger partial charge in [0.05, 0.1) is 23.4 Å². The molecule has 0 aliphatic carbocycles. The van der Waals surface area contributed by atoms with Crippen LogP contribution in [0.5, 0.6) is 0 Å². The summed E-state index contributed by atoms with van der Waals surface area (Å²) in [5.74, 6) is -1.03. The number of H-pyrrole nitrogens is 1. The van der Waals surface area contributed by atoms with Crippen LogP contribution in [0.4, 0.5) is 4.39 Å². The number of carbonyl (C=O) groups excluding carboxylic acids is 2. The lowest BCUT2D eigenvalue weighted by Gasteiger charge is -2.32. The van der Waals surface area contributed by atoms with E-state index in [2.05, 4.69) is 15.5 Å². The van der Waals surface area contributed by atoms with E-state index >= 15 is 0 Å². The van der Waals surface area contributed by atoms with Crippen LogP contribution in [0.3, 0.4) is 0 Å². The predicted molar refractivity (Wildman–Crippen MR) is 102 cm³/mol. The van der Waals surface area contributed by atoms with E-state index in [4.69, 9.17) is 5.73 Å². The lowest BCUT2D eigenvalue weighted by Crippen LogP contribution is -2.46. The van der Waals surface area contributed by atoms with Crippen LogP contribution in [-0.4, -0.2) is 53.1 Å². The SMILES string of the molecule is Cl.NCCNC(=O)C1CCCN(C(=O)c2cn[nH]c2-c2ccccc2F)C1. The molecule has 0 spiro atoms. The molecule has 1 fully saturated rings. The minimum absolute atomic E-state index is 0. The molecule has 27 heavy (non-hydrogen) atoms. The fraction of sp³-hybridized carbons (Fsp3) is 0.389. The number of benzene rings is 1. The maximum atomic E-state index is 14.1. The van der Waals surface area contributed by atoms with Crippen molar-refractivity contribution in [3.63, 3.8) is 0 Å². The van der Waals surface area contributed by atoms with Crippen LogP contribution in [0.2, 0.25) is 0 Å². The number of nitrogens with two attached hydrogens (primary N) is 1. The van der Waals surface area contributed by atoms with Gasteiger partial charge >= 0.3 is 0 Å². The largest absolute Gasteiger partial charge is 0.355 e. The van der Waals surface area contributed by atoms with Gasteiger partial charge in [-0.05, 0) is 25.0 Å². The van der Waals surface area contributed by atoms with E-state index in [-0.39, 0.29) is 30.1 Å². The first-order valence-electron chi connectivity index (χ1n) is 8.67. The van der Waals surface area contributed by atoms with Crippen molar-refractivity contribution in [3.05, 3.63) is 41.8 Å². The Bertz CT molecular complexity index is 798. The van der Waals surface area contributed by atoms with Crippen LogP contribution >= 0.6 is 12.4 Å². The summed E-state index contributed by atoms with van der Waals surface area (Å²) in [6.07, 6.45) is 2.87. The van der Waals surface area contributed by atoms with Gasteiger partial charge in [-0.1, -0.05) is 12.1 Å². The number of piperidine rings is 1. The molecule has 2 aromatic rings. The number of hydrogen-bond donors (Lipinski definition) is 3. The zero-order chi connectivity index (χ0) is 18.5. The number of rotatable bonds is 5. The normalized spacial score (nSPS) is 16.5. The number of halogens is 2. The van der Waals surface area contributed by atoms with Gasteiger partial charge in [0, 0.05) is 31.7 Å². The predicted octanol–water partition coefficient (Wildman–Crippen LogP) is 1.56. The molecule has 0 bridgehead atoms. The maximum Gasteiger partial charge on any atom is 0.257 e. The molecule has 1 atom stereocenters. The second-order valence-corrected chi connectivity index (χ2v) is 6.31. The Labute approximate surface area is 162 Å². The standard InChI is InChI=1S/C18H22FN5O2.ClH/c19-15-6-2-1-5-13(15)16-14(10-22-23-16)18(26)24-9-3-4-12(11-24)17(25)21-8-7-20;/h1-2,5-6,10,12H,3-4,7-9,11,20H2,(H,21,25)(H,22,23);1H. The molecule has 2 heterocycles. The summed E-state index contributed by atoms with van der Waals surface area (Å²) in [6.45, 7) is 1.68. The third kappa shape index (κ3) is 4.64. The van der Waals surface area contributed by atoms with E-state index in [1.165, 1.54) is 12.3 Å². The Balaban J connectivity index is 0.00000261. The number of aromatic nitrogens is 2. The van der Waals surface area contributed by atoms with Crippen molar-refractivity contribution in [1.82, 2.24) is 20.4 Å². The van der Waals surface area contributed by atoms with Crippen LogP contribution in [0.1, 0.15) is 23.2 Å². The molecule has 1 saturated heterocycles. The van der Waals surface area contributed by atoms with Gasteiger partial charge in [-0.25, -0.2) is 4.39 Å². The van der Waals surface area contributed by atoms with Crippen molar-refractivity contribution < 1.29 is 14.0 Å². The minimum atomic E-state index is -0.427. The van der Waals surface area contributed by atoms with Gasteiger partial charge in [0.25, 0.3) is 5.91 Å². The Kier molecular flexibility index (Phi) is 7.32. The topological polar surface area (TPSA) is 104 Å². The first-order chi connectivity index (χ1) is 12.6. The summed E-state index contributed by atoms with van der Waals surface area (Å²) in [7, 11) is 0. The van der Waals surface area contributed by atoms with E-state index < -0.39 is 5.82 Å². The van der Waals surface area contributed by atoms with E-state index in [9.17, 15) is 14.0 Å². The maximum absolute atomic E-state index is 14.1. The zero-order valence-corrected chi connectivity index (χ0v) is 15.6. The monoisotopic (exact) mass is 395 g/mol. The first-order valence-corrected chi connectivity index (χ1v) is 8.67. The lowest BCUT2D eigenvalue weighted by molar-refractivity contribution is -0.126. The van der Waals surface area contributed by atoms with Gasteiger partial charge in [-0.3, -0.25) is 14.7 Å². The number of hydrogen-bond acceptors (Lipinski definition) is 4. The van der Waals surface area contributed by atoms with E-state index in [1.54, 1.807) is 23.1 Å². The molecule has 0 radical (unpaired) electrons. The Morgan fingerprint density at radius 1 is 1.37 bits per heavy atom. The van der Waals surface area contributed by atoms with Crippen LogP contribution in [-0.2, 0) is 4.79 Å². The third-order valence-electron chi connectivity index (χ3n) is 4.54. The third-order valence-corrected chi connectivity index (χ3v) is 4.54. The quantitative estimate of drug-likeness (QED) is 0.714. The molecule has 3 rings (SSSR count). The molecular formula is C18H23ClFN5O2. The van der Waals surface area contributed by atoms with Gasteiger partial charge in [0.2, 0.25) is 5.91 Å². The molecule has 1 unspecified atom stereocenters. The first kappa shape index (κ1) is 20.9. The molecule has 2 amide bonds. The molecule has 0 saturated carbocycles. The zero-order valence-electron chi connectivity index (χ0n) is 14.8. The average Bonchev–Trinajstić information content (AvgIpc) is 3.15. The van der Waals surface area contributed by atoms with Gasteiger partial charge in [0.1, 0.15) is 5.82 Å². The average molecular weight is 396 g/mol. The van der Waals surface area contributed by atoms with Crippen LogP contribution < -0.4 is 11.1 Å². The number of aromatic amines is 1. The smallest absolute Gasteiger partial charge is 0.257 e. The summed E-state index contributed by atoms with van der Waals surface area (Å²) in [4.78, 5) is 26.7. The number of nitrogens with one attached hydrogen (secondary N) is 2. The molecule has 9 heteroatoms. The van der Waals surface area contributed by atoms with Crippen molar-refractivity contribution in [2.45, 2.75) is 12.8 Å². The van der Waals surface area contributed by atoms with Crippen LogP contribution in [0, 0.1) is 11.7 Å². The lowest BCUT2D eigenvalue weighted by atomic mass is 9.96. The van der Waals surface area contributed by atoms with E-state index in [1.807, 2.05) is 0 Å². The fourth-order valence-electron chi connectivity index (χ4n) is 3.20. The molecular weight excluding hydrogens is 373 g/mol. The molecule has 1 aromatic carbocycles. The molecule has 1 aromatic heterocycles. The molecule has 1 aliphatic rings. The molecule has 7 nitrogen and oxygen atoms in total. The fourth-order valence-corrected chi connectivity index (χ4v) is 3.20. The van der Waals surface area contributed by atoms with Gasteiger partial charge in [0.15, 0.2) is 0 Å². The van der Waals surface area contributed by atoms with Crippen molar-refractivity contribution >= 4 is 24.2 Å². The number of carbonyl (C=O) groups is 2. The molecule has 4 N–H and O–H groups in total. The summed E-state index contributed by atoms with van der Waals surface area (Å²) >= 11 is 0. The Morgan fingerprint density at radius 2 is 2.15 bits per heavy atom. The van der Waals surface area contributed by atoms with E-state index in [0.29, 0.717) is 43.0 Å². The minimum Gasteiger partial charge on any atom is -0.355 e. The van der Waals surface area contributed by atoms with Crippen molar-refractivity contribution in [2.75, 3.05) is 26.2 Å². The second-order valence-electron chi connectivity index (χ2n) is 6.31. The van der Waals surface area contributed by atoms with Gasteiger partial charge in [-0.2, -0.15) is 5.10 Å². The summed E-state index contributed by atoms with van der Waals surface area (Å²) in [5, 5.41) is 9.40. The highest BCUT2D eigenvalue weighted by atomic mass is 35.5. The second kappa shape index (κ2) is 9.48. The van der Waals surface area contributed by atoms with Crippen LogP contribution in [0.15, 0.2) is 30.5 Å². The molecule has 1 aliphatic heterocycles. The highest BCUT2D eigenvalue weighted by molar-refractivity contribution is 6.00. The Morgan fingerprint density at radius 3 is 2.89 bits per heavy atom. The van der Waals surface area contributed by atoms with Crippen LogP contribution in [0.25, 0.3) is 11.3 Å². The molecule has 146 valence electrons. The number of amides is 2.